The molecule has 0 saturated carbocycles. The average molecular weight is 210 g/mol. The van der Waals surface area contributed by atoms with E-state index in [0.29, 0.717) is 5.92 Å². The largest absolute Gasteiger partial charge is 0.330 e. The lowest BCUT2D eigenvalue weighted by molar-refractivity contribution is 0.268. The maximum atomic E-state index is 5.69. The normalized spacial score (nSPS) is 13.4. The fraction of sp³-hybridized carbons (Fsp3) is 0.727. The molecule has 1 rings (SSSR count). The number of hydrogen-bond donors (Lipinski definition) is 1. The number of aryl methyl sites for hydroxylation is 1. The Hall–Kier alpha value is -0.870. The van der Waals surface area contributed by atoms with E-state index in [2.05, 4.69) is 30.2 Å². The second-order valence-electron chi connectivity index (χ2n) is 4.23. The van der Waals surface area contributed by atoms with E-state index in [1.807, 2.05) is 17.9 Å². The summed E-state index contributed by atoms with van der Waals surface area (Å²) in [7, 11) is 4.07. The van der Waals surface area contributed by atoms with Crippen molar-refractivity contribution in [1.82, 2.24) is 14.7 Å². The van der Waals surface area contributed by atoms with E-state index in [4.69, 9.17) is 5.73 Å². The van der Waals surface area contributed by atoms with Crippen molar-refractivity contribution in [3.05, 3.63) is 18.0 Å². The van der Waals surface area contributed by atoms with Gasteiger partial charge in [-0.05, 0) is 19.5 Å². The van der Waals surface area contributed by atoms with Crippen LogP contribution in [0.1, 0.15) is 18.9 Å². The molecular formula is C11H22N4. The Kier molecular flexibility index (Phi) is 4.78. The van der Waals surface area contributed by atoms with Crippen LogP contribution < -0.4 is 5.73 Å². The van der Waals surface area contributed by atoms with Gasteiger partial charge in [0.15, 0.2) is 0 Å². The highest BCUT2D eigenvalue weighted by Crippen LogP contribution is 2.06. The van der Waals surface area contributed by atoms with Crippen molar-refractivity contribution in [2.24, 2.45) is 18.7 Å². The average Bonchev–Trinajstić information content (AvgIpc) is 2.60. The molecule has 2 N–H and O–H groups in total. The molecule has 0 radical (unpaired) electrons. The number of hydrogen-bond acceptors (Lipinski definition) is 3. The minimum atomic E-state index is 0.603. The van der Waals surface area contributed by atoms with E-state index in [0.717, 1.165) is 26.1 Å². The highest BCUT2D eigenvalue weighted by Gasteiger charge is 2.08. The summed E-state index contributed by atoms with van der Waals surface area (Å²) in [5, 5.41) is 4.15. The summed E-state index contributed by atoms with van der Waals surface area (Å²) in [6.07, 6.45) is 5.12. The first kappa shape index (κ1) is 12.2. The third-order valence-electron chi connectivity index (χ3n) is 2.69. The summed E-state index contributed by atoms with van der Waals surface area (Å²) in [5.74, 6) is 0.603. The molecule has 0 saturated heterocycles. The number of nitrogens with two attached hydrogens (primary N) is 1. The predicted octanol–water partition coefficient (Wildman–Crippen LogP) is 0.837. The molecule has 1 aromatic heterocycles. The molecule has 1 aromatic rings. The summed E-state index contributed by atoms with van der Waals surface area (Å²) in [4.78, 5) is 2.30. The van der Waals surface area contributed by atoms with Gasteiger partial charge in [-0.25, -0.2) is 0 Å². The fourth-order valence-corrected chi connectivity index (χ4v) is 1.74. The zero-order valence-corrected chi connectivity index (χ0v) is 9.98. The van der Waals surface area contributed by atoms with Gasteiger partial charge < -0.3 is 10.6 Å². The first-order valence-corrected chi connectivity index (χ1v) is 5.51. The highest BCUT2D eigenvalue weighted by molar-refractivity contribution is 5.02. The summed E-state index contributed by atoms with van der Waals surface area (Å²) in [5.41, 5.74) is 6.94. The van der Waals surface area contributed by atoms with Crippen molar-refractivity contribution < 1.29 is 0 Å². The quantitative estimate of drug-likeness (QED) is 0.757. The summed E-state index contributed by atoms with van der Waals surface area (Å²) in [6.45, 7) is 4.97. The molecule has 1 atom stereocenters. The zero-order chi connectivity index (χ0) is 11.3. The SMILES string of the molecule is CCC(CN)CN(C)Cc1cnn(C)c1. The van der Waals surface area contributed by atoms with Gasteiger partial charge in [-0.2, -0.15) is 5.10 Å². The lowest BCUT2D eigenvalue weighted by atomic mass is 10.1. The lowest BCUT2D eigenvalue weighted by Crippen LogP contribution is -2.29. The standard InChI is InChI=1S/C11H22N4/c1-4-10(5-12)7-14(2)8-11-6-13-15(3)9-11/h6,9-10H,4-5,7-8,12H2,1-3H3. The third kappa shape index (κ3) is 4.01. The second kappa shape index (κ2) is 5.88. The molecule has 1 unspecified atom stereocenters. The van der Waals surface area contributed by atoms with Crippen molar-refractivity contribution >= 4 is 0 Å². The molecular weight excluding hydrogens is 188 g/mol. The van der Waals surface area contributed by atoms with Crippen molar-refractivity contribution in [2.45, 2.75) is 19.9 Å². The molecule has 0 fully saturated rings. The van der Waals surface area contributed by atoms with Crippen LogP contribution in [-0.4, -0.2) is 34.8 Å². The lowest BCUT2D eigenvalue weighted by Gasteiger charge is -2.21. The van der Waals surface area contributed by atoms with Gasteiger partial charge in [0.05, 0.1) is 6.20 Å². The van der Waals surface area contributed by atoms with E-state index in [1.54, 1.807) is 0 Å². The molecule has 4 nitrogen and oxygen atoms in total. The topological polar surface area (TPSA) is 47.1 Å². The molecule has 4 heteroatoms. The zero-order valence-electron chi connectivity index (χ0n) is 9.98. The minimum absolute atomic E-state index is 0.603. The Morgan fingerprint density at radius 2 is 2.33 bits per heavy atom. The van der Waals surface area contributed by atoms with Gasteiger partial charge in [0, 0.05) is 31.9 Å². The van der Waals surface area contributed by atoms with E-state index < -0.39 is 0 Å². The summed E-state index contributed by atoms with van der Waals surface area (Å²) in [6, 6.07) is 0. The molecule has 0 aromatic carbocycles. The second-order valence-corrected chi connectivity index (χ2v) is 4.23. The Bertz CT molecular complexity index is 278. The molecule has 86 valence electrons. The van der Waals surface area contributed by atoms with Gasteiger partial charge in [-0.1, -0.05) is 13.3 Å². The summed E-state index contributed by atoms with van der Waals surface area (Å²) >= 11 is 0. The molecule has 0 spiro atoms. The van der Waals surface area contributed by atoms with Crippen molar-refractivity contribution in [3.8, 4) is 0 Å². The van der Waals surface area contributed by atoms with Crippen LogP contribution in [0.3, 0.4) is 0 Å². The highest BCUT2D eigenvalue weighted by atomic mass is 15.2. The van der Waals surface area contributed by atoms with Crippen LogP contribution in [0.15, 0.2) is 12.4 Å². The molecule has 0 amide bonds. The van der Waals surface area contributed by atoms with Gasteiger partial charge in [0.25, 0.3) is 0 Å². The van der Waals surface area contributed by atoms with Crippen molar-refractivity contribution in [1.29, 1.82) is 0 Å². The van der Waals surface area contributed by atoms with E-state index in [-0.39, 0.29) is 0 Å². The number of rotatable bonds is 6. The molecule has 1 heterocycles. The Labute approximate surface area is 92.1 Å². The van der Waals surface area contributed by atoms with E-state index in [9.17, 15) is 0 Å². The van der Waals surface area contributed by atoms with E-state index in [1.165, 1.54) is 5.56 Å². The molecule has 0 aliphatic carbocycles. The smallest absolute Gasteiger partial charge is 0.0534 e. The van der Waals surface area contributed by atoms with Gasteiger partial charge >= 0.3 is 0 Å². The van der Waals surface area contributed by atoms with Crippen molar-refractivity contribution in [3.63, 3.8) is 0 Å². The maximum absolute atomic E-state index is 5.69. The fourth-order valence-electron chi connectivity index (χ4n) is 1.74. The summed E-state index contributed by atoms with van der Waals surface area (Å²) < 4.78 is 1.84. The van der Waals surface area contributed by atoms with Crippen molar-refractivity contribution in [2.75, 3.05) is 20.1 Å². The maximum Gasteiger partial charge on any atom is 0.0534 e. The number of nitrogens with zero attached hydrogens (tertiary/aromatic N) is 3. The van der Waals surface area contributed by atoms with Gasteiger partial charge in [-0.15, -0.1) is 0 Å². The van der Waals surface area contributed by atoms with E-state index >= 15 is 0 Å². The predicted molar refractivity (Wildman–Crippen MR) is 62.4 cm³/mol. The van der Waals surface area contributed by atoms with Crippen LogP contribution in [-0.2, 0) is 13.6 Å². The minimum Gasteiger partial charge on any atom is -0.330 e. The van der Waals surface area contributed by atoms with Crippen LogP contribution in [0.2, 0.25) is 0 Å². The van der Waals surface area contributed by atoms with Crippen LogP contribution in [0.5, 0.6) is 0 Å². The first-order valence-electron chi connectivity index (χ1n) is 5.51. The van der Waals surface area contributed by atoms with Gasteiger partial charge in [-0.3, -0.25) is 4.68 Å². The van der Waals surface area contributed by atoms with Crippen LogP contribution in [0.25, 0.3) is 0 Å². The van der Waals surface area contributed by atoms with Crippen LogP contribution in [0, 0.1) is 5.92 Å². The monoisotopic (exact) mass is 210 g/mol. The Balaban J connectivity index is 2.38. The van der Waals surface area contributed by atoms with Crippen LogP contribution >= 0.6 is 0 Å². The molecule has 15 heavy (non-hydrogen) atoms. The Morgan fingerprint density at radius 3 is 2.80 bits per heavy atom. The Morgan fingerprint density at radius 1 is 1.60 bits per heavy atom. The third-order valence-corrected chi connectivity index (χ3v) is 2.69. The number of aromatic nitrogens is 2. The molecule has 0 aliphatic heterocycles. The van der Waals surface area contributed by atoms with Gasteiger partial charge in [0.2, 0.25) is 0 Å². The molecule has 0 aliphatic rings. The molecule has 0 bridgehead atoms. The van der Waals surface area contributed by atoms with Crippen LogP contribution in [0.4, 0.5) is 0 Å². The van der Waals surface area contributed by atoms with Gasteiger partial charge in [0.1, 0.15) is 0 Å². The first-order chi connectivity index (χ1) is 7.15.